The van der Waals surface area contributed by atoms with Crippen LogP contribution >= 0.6 is 0 Å². The molecule has 1 heterocycles. The van der Waals surface area contributed by atoms with Gasteiger partial charge in [-0.1, -0.05) is 20.8 Å². The van der Waals surface area contributed by atoms with Crippen molar-refractivity contribution in [1.29, 1.82) is 0 Å². The summed E-state index contributed by atoms with van der Waals surface area (Å²) >= 11 is 0. The van der Waals surface area contributed by atoms with Crippen molar-refractivity contribution in [1.82, 2.24) is 10.2 Å². The summed E-state index contributed by atoms with van der Waals surface area (Å²) in [5.74, 6) is 0.762. The summed E-state index contributed by atoms with van der Waals surface area (Å²) in [6.45, 7) is 13.2. The molecule has 0 saturated carbocycles. The van der Waals surface area contributed by atoms with Crippen LogP contribution in [0.2, 0.25) is 0 Å². The van der Waals surface area contributed by atoms with Crippen LogP contribution in [0.4, 0.5) is 0 Å². The van der Waals surface area contributed by atoms with Crippen LogP contribution < -0.4 is 5.32 Å². The fourth-order valence-corrected chi connectivity index (χ4v) is 2.08. The molecule has 3 nitrogen and oxygen atoms in total. The highest BCUT2D eigenvalue weighted by atomic mass is 16.5. The van der Waals surface area contributed by atoms with Gasteiger partial charge in [-0.3, -0.25) is 4.90 Å². The summed E-state index contributed by atoms with van der Waals surface area (Å²) in [5.41, 5.74) is 0. The Kier molecular flexibility index (Phi) is 6.22. The lowest BCUT2D eigenvalue weighted by Crippen LogP contribution is -2.44. The maximum absolute atomic E-state index is 5.75. The molecule has 3 heteroatoms. The van der Waals surface area contributed by atoms with E-state index in [9.17, 15) is 0 Å². The van der Waals surface area contributed by atoms with E-state index in [4.69, 9.17) is 4.74 Å². The first kappa shape index (κ1) is 12.9. The quantitative estimate of drug-likeness (QED) is 0.675. The number of nitrogens with one attached hydrogen (secondary N) is 1. The Morgan fingerprint density at radius 1 is 1.47 bits per heavy atom. The average Bonchev–Trinajstić information content (AvgIpc) is 2.18. The number of hydrogen-bond acceptors (Lipinski definition) is 3. The van der Waals surface area contributed by atoms with Gasteiger partial charge in [0.25, 0.3) is 0 Å². The summed E-state index contributed by atoms with van der Waals surface area (Å²) in [7, 11) is 0. The molecule has 90 valence electrons. The molecular formula is C12H26N2O. The number of morpholine rings is 1. The minimum absolute atomic E-state index is 0.441. The zero-order chi connectivity index (χ0) is 11.1. The van der Waals surface area contributed by atoms with Crippen molar-refractivity contribution < 1.29 is 4.74 Å². The Hall–Kier alpha value is -0.120. The molecule has 1 aliphatic heterocycles. The molecule has 0 aromatic heterocycles. The Bertz CT molecular complexity index is 162. The predicted octanol–water partition coefficient (Wildman–Crippen LogP) is 1.34. The van der Waals surface area contributed by atoms with Crippen LogP contribution in [0.25, 0.3) is 0 Å². The van der Waals surface area contributed by atoms with E-state index in [2.05, 4.69) is 31.0 Å². The second-order valence-corrected chi connectivity index (χ2v) is 4.79. The normalized spacial score (nSPS) is 23.6. The van der Waals surface area contributed by atoms with Gasteiger partial charge in [0.2, 0.25) is 0 Å². The molecule has 0 unspecified atom stereocenters. The predicted molar refractivity (Wildman–Crippen MR) is 64.2 cm³/mol. The molecule has 1 atom stereocenters. The van der Waals surface area contributed by atoms with Gasteiger partial charge >= 0.3 is 0 Å². The summed E-state index contributed by atoms with van der Waals surface area (Å²) in [6.07, 6.45) is 1.58. The molecule has 1 rings (SSSR count). The second kappa shape index (κ2) is 7.20. The Morgan fingerprint density at radius 3 is 2.93 bits per heavy atom. The fraction of sp³-hybridized carbons (Fsp3) is 1.00. The van der Waals surface area contributed by atoms with Crippen molar-refractivity contribution in [2.75, 3.05) is 39.3 Å². The first-order valence-corrected chi connectivity index (χ1v) is 6.27. The van der Waals surface area contributed by atoms with Crippen LogP contribution in [-0.2, 0) is 4.74 Å². The van der Waals surface area contributed by atoms with Crippen LogP contribution in [0.3, 0.4) is 0 Å². The number of nitrogens with zero attached hydrogens (tertiary/aromatic N) is 1. The molecule has 1 aliphatic rings. The topological polar surface area (TPSA) is 24.5 Å². The Balaban J connectivity index is 2.17. The SMILES string of the molecule is CCNCC[C@@H]1CN(CC(C)C)CCO1. The van der Waals surface area contributed by atoms with Crippen molar-refractivity contribution in [3.8, 4) is 0 Å². The van der Waals surface area contributed by atoms with E-state index in [1.807, 2.05) is 0 Å². The third-order valence-electron chi connectivity index (χ3n) is 2.74. The standard InChI is InChI=1S/C12H26N2O/c1-4-13-6-5-12-10-14(7-8-15-12)9-11(2)3/h11-13H,4-10H2,1-3H3/t12-/m1/s1. The fourth-order valence-electron chi connectivity index (χ4n) is 2.08. The van der Waals surface area contributed by atoms with E-state index >= 15 is 0 Å². The molecule has 0 amide bonds. The molecule has 0 aromatic rings. The van der Waals surface area contributed by atoms with E-state index in [1.165, 1.54) is 6.54 Å². The van der Waals surface area contributed by atoms with Gasteiger partial charge in [-0.2, -0.15) is 0 Å². The van der Waals surface area contributed by atoms with Crippen LogP contribution in [0.15, 0.2) is 0 Å². The summed E-state index contributed by atoms with van der Waals surface area (Å²) in [6, 6.07) is 0. The summed E-state index contributed by atoms with van der Waals surface area (Å²) < 4.78 is 5.75. The first-order valence-electron chi connectivity index (χ1n) is 6.27. The molecule has 1 saturated heterocycles. The lowest BCUT2D eigenvalue weighted by Gasteiger charge is -2.34. The van der Waals surface area contributed by atoms with Gasteiger partial charge < -0.3 is 10.1 Å². The monoisotopic (exact) mass is 214 g/mol. The number of hydrogen-bond donors (Lipinski definition) is 1. The van der Waals surface area contributed by atoms with Crippen molar-refractivity contribution in [3.05, 3.63) is 0 Å². The van der Waals surface area contributed by atoms with Crippen molar-refractivity contribution in [2.45, 2.75) is 33.3 Å². The van der Waals surface area contributed by atoms with Crippen molar-refractivity contribution in [3.63, 3.8) is 0 Å². The van der Waals surface area contributed by atoms with Crippen LogP contribution in [0.5, 0.6) is 0 Å². The highest BCUT2D eigenvalue weighted by Crippen LogP contribution is 2.10. The van der Waals surface area contributed by atoms with Gasteiger partial charge in [-0.15, -0.1) is 0 Å². The van der Waals surface area contributed by atoms with Gasteiger partial charge in [0.15, 0.2) is 0 Å². The summed E-state index contributed by atoms with van der Waals surface area (Å²) in [4.78, 5) is 2.53. The molecule has 0 bridgehead atoms. The Labute approximate surface area is 94.2 Å². The van der Waals surface area contributed by atoms with Gasteiger partial charge in [0.1, 0.15) is 0 Å². The molecule has 0 spiro atoms. The van der Waals surface area contributed by atoms with Gasteiger partial charge in [0, 0.05) is 19.6 Å². The zero-order valence-corrected chi connectivity index (χ0v) is 10.5. The third-order valence-corrected chi connectivity index (χ3v) is 2.74. The lowest BCUT2D eigenvalue weighted by molar-refractivity contribution is -0.0346. The maximum Gasteiger partial charge on any atom is 0.0714 e. The molecule has 15 heavy (non-hydrogen) atoms. The Morgan fingerprint density at radius 2 is 2.27 bits per heavy atom. The third kappa shape index (κ3) is 5.50. The molecule has 1 fully saturated rings. The van der Waals surface area contributed by atoms with E-state index in [1.54, 1.807) is 0 Å². The summed E-state index contributed by atoms with van der Waals surface area (Å²) in [5, 5.41) is 3.35. The van der Waals surface area contributed by atoms with Crippen molar-refractivity contribution >= 4 is 0 Å². The molecule has 0 aromatic carbocycles. The molecule has 0 radical (unpaired) electrons. The molecular weight excluding hydrogens is 188 g/mol. The average molecular weight is 214 g/mol. The smallest absolute Gasteiger partial charge is 0.0714 e. The number of rotatable bonds is 6. The van der Waals surface area contributed by atoms with E-state index in [0.717, 1.165) is 45.1 Å². The highest BCUT2D eigenvalue weighted by Gasteiger charge is 2.20. The van der Waals surface area contributed by atoms with Crippen LogP contribution in [-0.4, -0.2) is 50.3 Å². The van der Waals surface area contributed by atoms with Crippen molar-refractivity contribution in [2.24, 2.45) is 5.92 Å². The largest absolute Gasteiger partial charge is 0.376 e. The lowest BCUT2D eigenvalue weighted by atomic mass is 10.1. The molecule has 1 N–H and O–H groups in total. The van der Waals surface area contributed by atoms with Gasteiger partial charge in [0.05, 0.1) is 12.7 Å². The second-order valence-electron chi connectivity index (χ2n) is 4.79. The minimum Gasteiger partial charge on any atom is -0.376 e. The van der Waals surface area contributed by atoms with Gasteiger partial charge in [-0.25, -0.2) is 0 Å². The first-order chi connectivity index (χ1) is 7.22. The molecule has 0 aliphatic carbocycles. The van der Waals surface area contributed by atoms with Crippen LogP contribution in [0.1, 0.15) is 27.2 Å². The van der Waals surface area contributed by atoms with E-state index in [0.29, 0.717) is 6.10 Å². The van der Waals surface area contributed by atoms with Crippen LogP contribution in [0, 0.1) is 5.92 Å². The highest BCUT2D eigenvalue weighted by molar-refractivity contribution is 4.72. The minimum atomic E-state index is 0.441. The number of ether oxygens (including phenoxy) is 1. The van der Waals surface area contributed by atoms with Gasteiger partial charge in [-0.05, 0) is 25.4 Å². The van der Waals surface area contributed by atoms with E-state index in [-0.39, 0.29) is 0 Å². The zero-order valence-electron chi connectivity index (χ0n) is 10.5. The maximum atomic E-state index is 5.75. The van der Waals surface area contributed by atoms with E-state index < -0.39 is 0 Å².